The first-order valence-electron chi connectivity index (χ1n) is 8.61. The van der Waals surface area contributed by atoms with Crippen molar-refractivity contribution in [1.82, 2.24) is 9.21 Å². The molecule has 0 radical (unpaired) electrons. The van der Waals surface area contributed by atoms with Gasteiger partial charge >= 0.3 is 0 Å². The molecule has 0 spiro atoms. The number of sulfonamides is 1. The van der Waals surface area contributed by atoms with Crippen molar-refractivity contribution in [2.75, 3.05) is 26.2 Å². The summed E-state index contributed by atoms with van der Waals surface area (Å²) in [5.74, 6) is -1.17. The SMILES string of the molecule is Cc1ccc([N+](=O)[O-])cc1S(=O)(=O)N1CCN(C(=O)c2cc(Br)ccc2F)CC1. The number of carbonyl (C=O) groups excluding carboxylic acids is 1. The van der Waals surface area contributed by atoms with Gasteiger partial charge in [-0.15, -0.1) is 0 Å². The predicted molar refractivity (Wildman–Crippen MR) is 107 cm³/mol. The van der Waals surface area contributed by atoms with E-state index in [1.54, 1.807) is 6.92 Å². The fourth-order valence-electron chi connectivity index (χ4n) is 3.08. The van der Waals surface area contributed by atoms with E-state index in [9.17, 15) is 27.7 Å². The van der Waals surface area contributed by atoms with Crippen LogP contribution in [0.2, 0.25) is 0 Å². The maximum absolute atomic E-state index is 14.0. The van der Waals surface area contributed by atoms with Crippen molar-refractivity contribution in [3.05, 3.63) is 67.9 Å². The topological polar surface area (TPSA) is 101 Å². The molecule has 1 saturated heterocycles. The first kappa shape index (κ1) is 21.3. The molecular weight excluding hydrogens is 469 g/mol. The van der Waals surface area contributed by atoms with E-state index in [1.165, 1.54) is 39.5 Å². The molecule has 0 unspecified atom stereocenters. The summed E-state index contributed by atoms with van der Waals surface area (Å²) in [5.41, 5.74) is -0.0105. The maximum atomic E-state index is 14.0. The monoisotopic (exact) mass is 485 g/mol. The summed E-state index contributed by atoms with van der Waals surface area (Å²) in [4.78, 5) is 24.2. The van der Waals surface area contributed by atoms with Crippen molar-refractivity contribution >= 4 is 37.5 Å². The number of rotatable bonds is 4. The van der Waals surface area contributed by atoms with Crippen LogP contribution in [-0.2, 0) is 10.0 Å². The van der Waals surface area contributed by atoms with Gasteiger partial charge in [-0.3, -0.25) is 14.9 Å². The van der Waals surface area contributed by atoms with Gasteiger partial charge in [0.05, 0.1) is 15.4 Å². The van der Waals surface area contributed by atoms with Crippen LogP contribution in [-0.4, -0.2) is 54.6 Å². The van der Waals surface area contributed by atoms with E-state index in [-0.39, 0.29) is 42.3 Å². The van der Waals surface area contributed by atoms with Gasteiger partial charge in [0.1, 0.15) is 5.82 Å². The molecule has 154 valence electrons. The molecule has 2 aromatic carbocycles. The molecule has 0 bridgehead atoms. The Kier molecular flexibility index (Phi) is 6.01. The zero-order chi connectivity index (χ0) is 21.3. The quantitative estimate of drug-likeness (QED) is 0.489. The lowest BCUT2D eigenvalue weighted by molar-refractivity contribution is -0.385. The first-order chi connectivity index (χ1) is 13.6. The number of benzene rings is 2. The second-order valence-electron chi connectivity index (χ2n) is 6.53. The molecule has 1 fully saturated rings. The van der Waals surface area contributed by atoms with Crippen molar-refractivity contribution < 1.29 is 22.5 Å². The van der Waals surface area contributed by atoms with Gasteiger partial charge in [-0.2, -0.15) is 4.31 Å². The van der Waals surface area contributed by atoms with Gasteiger partial charge in [0.25, 0.3) is 11.6 Å². The number of amides is 1. The molecule has 29 heavy (non-hydrogen) atoms. The van der Waals surface area contributed by atoms with Gasteiger partial charge in [0, 0.05) is 42.8 Å². The summed E-state index contributed by atoms with van der Waals surface area (Å²) in [5, 5.41) is 11.0. The average Bonchev–Trinajstić information content (AvgIpc) is 2.69. The van der Waals surface area contributed by atoms with Crippen LogP contribution in [0.1, 0.15) is 15.9 Å². The highest BCUT2D eigenvalue weighted by atomic mass is 79.9. The molecule has 0 aromatic heterocycles. The minimum atomic E-state index is -3.97. The molecule has 1 heterocycles. The zero-order valence-corrected chi connectivity index (χ0v) is 17.7. The lowest BCUT2D eigenvalue weighted by Gasteiger charge is -2.34. The maximum Gasteiger partial charge on any atom is 0.270 e. The third-order valence-electron chi connectivity index (χ3n) is 4.69. The lowest BCUT2D eigenvalue weighted by Crippen LogP contribution is -2.50. The summed E-state index contributed by atoms with van der Waals surface area (Å²) in [6.45, 7) is 1.74. The Bertz CT molecular complexity index is 1080. The van der Waals surface area contributed by atoms with Gasteiger partial charge in [-0.1, -0.05) is 22.0 Å². The Balaban J connectivity index is 1.78. The zero-order valence-electron chi connectivity index (χ0n) is 15.3. The van der Waals surface area contributed by atoms with Gasteiger partial charge < -0.3 is 4.90 Å². The molecule has 1 aliphatic heterocycles. The fraction of sp³-hybridized carbons (Fsp3) is 0.278. The molecule has 3 rings (SSSR count). The van der Waals surface area contributed by atoms with E-state index in [1.807, 2.05) is 0 Å². The van der Waals surface area contributed by atoms with Crippen molar-refractivity contribution in [1.29, 1.82) is 0 Å². The summed E-state index contributed by atoms with van der Waals surface area (Å²) < 4.78 is 41.6. The second-order valence-corrected chi connectivity index (χ2v) is 9.35. The van der Waals surface area contributed by atoms with Crippen molar-refractivity contribution in [2.45, 2.75) is 11.8 Å². The Labute approximate surface area is 175 Å². The van der Waals surface area contributed by atoms with Crippen LogP contribution in [0, 0.1) is 22.9 Å². The van der Waals surface area contributed by atoms with Gasteiger partial charge in [0.2, 0.25) is 10.0 Å². The summed E-state index contributed by atoms with van der Waals surface area (Å²) >= 11 is 3.20. The van der Waals surface area contributed by atoms with Crippen LogP contribution in [0.25, 0.3) is 0 Å². The summed E-state index contributed by atoms with van der Waals surface area (Å²) in [6.07, 6.45) is 0. The van der Waals surface area contributed by atoms with Crippen LogP contribution in [0.15, 0.2) is 45.8 Å². The number of hydrogen-bond donors (Lipinski definition) is 0. The van der Waals surface area contributed by atoms with Crippen LogP contribution in [0.5, 0.6) is 0 Å². The Morgan fingerprint density at radius 2 is 1.79 bits per heavy atom. The number of carbonyl (C=O) groups is 1. The van der Waals surface area contributed by atoms with Crippen LogP contribution >= 0.6 is 15.9 Å². The first-order valence-corrected chi connectivity index (χ1v) is 10.8. The number of nitro benzene ring substituents is 1. The Morgan fingerprint density at radius 1 is 1.14 bits per heavy atom. The molecule has 1 amide bonds. The Hall–Kier alpha value is -2.37. The predicted octanol–water partition coefficient (Wildman–Crippen LogP) is 2.95. The van der Waals surface area contributed by atoms with Gasteiger partial charge in [-0.05, 0) is 30.7 Å². The lowest BCUT2D eigenvalue weighted by atomic mass is 10.1. The van der Waals surface area contributed by atoms with Crippen LogP contribution < -0.4 is 0 Å². The largest absolute Gasteiger partial charge is 0.336 e. The van der Waals surface area contributed by atoms with Gasteiger partial charge in [0.15, 0.2) is 0 Å². The smallest absolute Gasteiger partial charge is 0.270 e. The highest BCUT2D eigenvalue weighted by Crippen LogP contribution is 2.26. The summed E-state index contributed by atoms with van der Waals surface area (Å²) in [6, 6.07) is 7.73. The van der Waals surface area contributed by atoms with Crippen molar-refractivity contribution in [3.63, 3.8) is 0 Å². The van der Waals surface area contributed by atoms with Gasteiger partial charge in [-0.25, -0.2) is 12.8 Å². The normalized spacial score (nSPS) is 15.3. The molecule has 2 aromatic rings. The standard InChI is InChI=1S/C18H17BrFN3O5S/c1-12-2-4-14(23(25)26)11-17(12)29(27,28)22-8-6-21(7-9-22)18(24)15-10-13(19)3-5-16(15)20/h2-5,10-11H,6-9H2,1H3. The molecule has 0 N–H and O–H groups in total. The minimum absolute atomic E-state index is 0.00578. The van der Waals surface area contributed by atoms with Crippen LogP contribution in [0.4, 0.5) is 10.1 Å². The number of nitrogens with zero attached hydrogens (tertiary/aromatic N) is 3. The van der Waals surface area contributed by atoms with E-state index in [0.29, 0.717) is 10.0 Å². The van der Waals surface area contributed by atoms with E-state index < -0.39 is 26.7 Å². The highest BCUT2D eigenvalue weighted by Gasteiger charge is 2.32. The number of piperazine rings is 1. The second kappa shape index (κ2) is 8.17. The fourth-order valence-corrected chi connectivity index (χ4v) is 5.11. The highest BCUT2D eigenvalue weighted by molar-refractivity contribution is 9.10. The summed E-state index contributed by atoms with van der Waals surface area (Å²) in [7, 11) is -3.97. The average molecular weight is 486 g/mol. The number of halogens is 2. The van der Waals surface area contributed by atoms with E-state index >= 15 is 0 Å². The van der Waals surface area contributed by atoms with Crippen molar-refractivity contribution in [3.8, 4) is 0 Å². The minimum Gasteiger partial charge on any atom is -0.336 e. The number of hydrogen-bond acceptors (Lipinski definition) is 5. The molecular formula is C18H17BrFN3O5S. The number of non-ortho nitro benzene ring substituents is 1. The molecule has 11 heteroatoms. The third kappa shape index (κ3) is 4.31. The number of aryl methyl sites for hydroxylation is 1. The number of nitro groups is 1. The molecule has 0 atom stereocenters. The third-order valence-corrected chi connectivity index (χ3v) is 7.22. The molecule has 8 nitrogen and oxygen atoms in total. The van der Waals surface area contributed by atoms with E-state index in [2.05, 4.69) is 15.9 Å². The Morgan fingerprint density at radius 3 is 2.41 bits per heavy atom. The molecule has 0 aliphatic carbocycles. The van der Waals surface area contributed by atoms with E-state index in [0.717, 1.165) is 6.07 Å². The van der Waals surface area contributed by atoms with Crippen LogP contribution in [0.3, 0.4) is 0 Å². The van der Waals surface area contributed by atoms with Crippen molar-refractivity contribution in [2.24, 2.45) is 0 Å². The van der Waals surface area contributed by atoms with E-state index in [4.69, 9.17) is 0 Å². The molecule has 1 aliphatic rings. The molecule has 0 saturated carbocycles.